The number of ether oxygens (including phenoxy) is 3. The van der Waals surface area contributed by atoms with Crippen molar-refractivity contribution >= 4 is 17.9 Å². The molecule has 7 heteroatoms. The Kier molecular flexibility index (Phi) is 9.77. The number of rotatable bonds is 8. The summed E-state index contributed by atoms with van der Waals surface area (Å²) in [5.41, 5.74) is 9.34. The number of benzene rings is 3. The van der Waals surface area contributed by atoms with Crippen molar-refractivity contribution in [2.24, 2.45) is 16.6 Å². The van der Waals surface area contributed by atoms with Crippen LogP contribution in [0.15, 0.2) is 66.7 Å². The summed E-state index contributed by atoms with van der Waals surface area (Å²) in [6.07, 6.45) is -0.796. The zero-order valence-corrected chi connectivity index (χ0v) is 25.2. The van der Waals surface area contributed by atoms with Gasteiger partial charge in [0.05, 0.1) is 22.6 Å². The largest absolute Gasteiger partial charge is 0.457 e. The van der Waals surface area contributed by atoms with Crippen molar-refractivity contribution in [3.63, 3.8) is 0 Å². The average molecular weight is 560 g/mol. The first-order chi connectivity index (χ1) is 19.1. The van der Waals surface area contributed by atoms with Crippen LogP contribution in [0.1, 0.15) is 90.6 Å². The maximum atomic E-state index is 13.0. The molecule has 0 saturated heterocycles. The van der Waals surface area contributed by atoms with E-state index in [-0.39, 0.29) is 12.4 Å². The molecule has 3 rings (SSSR count). The monoisotopic (exact) mass is 559 g/mol. The van der Waals surface area contributed by atoms with Crippen LogP contribution in [0.2, 0.25) is 0 Å². The molecular weight excluding hydrogens is 518 g/mol. The van der Waals surface area contributed by atoms with Crippen molar-refractivity contribution in [3.05, 3.63) is 100 Å². The average Bonchev–Trinajstić information content (AvgIpc) is 2.90. The molecular formula is C34H41NO6. The highest BCUT2D eigenvalue weighted by Crippen LogP contribution is 2.35. The second kappa shape index (κ2) is 12.7. The summed E-state index contributed by atoms with van der Waals surface area (Å²) in [7, 11) is 0. The zero-order valence-electron chi connectivity index (χ0n) is 25.2. The molecule has 2 atom stereocenters. The van der Waals surface area contributed by atoms with Crippen LogP contribution >= 0.6 is 0 Å². The van der Waals surface area contributed by atoms with E-state index in [0.29, 0.717) is 22.3 Å². The number of aryl methyl sites for hydroxylation is 2. The Labute approximate surface area is 243 Å². The fraction of sp³-hybridized carbons (Fsp3) is 0.382. The standard InChI is InChI=1S/C34H41NO6/c1-21-9-13-23(14-10-21)30(36)39-20-26-19-25(28(29(35)33(3,4)5)41-32(38)34(6,7)8)17-18-27(26)40-31(37)24-15-11-22(2)12-16-24/h9-19,28-29H,20,35H2,1-8H3. The molecule has 0 fully saturated rings. The number of nitrogens with two attached hydrogens (primary N) is 1. The van der Waals surface area contributed by atoms with E-state index in [9.17, 15) is 14.4 Å². The molecule has 2 N–H and O–H groups in total. The summed E-state index contributed by atoms with van der Waals surface area (Å²) < 4.78 is 17.4. The molecule has 0 aliphatic rings. The van der Waals surface area contributed by atoms with Gasteiger partial charge in [0.15, 0.2) is 0 Å². The van der Waals surface area contributed by atoms with Gasteiger partial charge in [0.2, 0.25) is 0 Å². The van der Waals surface area contributed by atoms with Gasteiger partial charge < -0.3 is 19.9 Å². The first-order valence-corrected chi connectivity index (χ1v) is 13.7. The van der Waals surface area contributed by atoms with E-state index in [2.05, 4.69) is 0 Å². The molecule has 0 aromatic heterocycles. The number of carbonyl (C=O) groups excluding carboxylic acids is 3. The Morgan fingerprint density at radius 3 is 1.76 bits per heavy atom. The predicted molar refractivity (Wildman–Crippen MR) is 159 cm³/mol. The molecule has 0 bridgehead atoms. The summed E-state index contributed by atoms with van der Waals surface area (Å²) in [5, 5.41) is 0. The third-order valence-corrected chi connectivity index (χ3v) is 6.72. The lowest BCUT2D eigenvalue weighted by atomic mass is 9.81. The highest BCUT2D eigenvalue weighted by molar-refractivity contribution is 5.91. The molecule has 0 saturated carbocycles. The zero-order chi connectivity index (χ0) is 30.5. The van der Waals surface area contributed by atoms with Crippen LogP contribution in [0.25, 0.3) is 0 Å². The number of hydrogen-bond acceptors (Lipinski definition) is 7. The molecule has 7 nitrogen and oxygen atoms in total. The Balaban J connectivity index is 2.00. The normalized spacial score (nSPS) is 13.2. The quantitative estimate of drug-likeness (QED) is 0.237. The van der Waals surface area contributed by atoms with E-state index in [1.807, 2.05) is 58.9 Å². The lowest BCUT2D eigenvalue weighted by Gasteiger charge is -2.35. The van der Waals surface area contributed by atoms with E-state index in [1.54, 1.807) is 63.2 Å². The van der Waals surface area contributed by atoms with Crippen LogP contribution in [-0.4, -0.2) is 23.9 Å². The minimum atomic E-state index is -0.796. The Morgan fingerprint density at radius 2 is 1.27 bits per heavy atom. The van der Waals surface area contributed by atoms with Crippen molar-refractivity contribution in [3.8, 4) is 5.75 Å². The van der Waals surface area contributed by atoms with Gasteiger partial charge >= 0.3 is 17.9 Å². The van der Waals surface area contributed by atoms with Gasteiger partial charge in [0.25, 0.3) is 0 Å². The maximum absolute atomic E-state index is 13.0. The smallest absolute Gasteiger partial charge is 0.343 e. The van der Waals surface area contributed by atoms with E-state index in [1.165, 1.54) is 0 Å². The lowest BCUT2D eigenvalue weighted by Crippen LogP contribution is -2.43. The van der Waals surface area contributed by atoms with Crippen LogP contribution in [0.4, 0.5) is 0 Å². The van der Waals surface area contributed by atoms with Crippen molar-refractivity contribution in [1.82, 2.24) is 0 Å². The molecule has 218 valence electrons. The summed E-state index contributed by atoms with van der Waals surface area (Å²) in [6, 6.07) is 18.6. The van der Waals surface area contributed by atoms with Crippen molar-refractivity contribution in [2.75, 3.05) is 0 Å². The molecule has 0 aliphatic heterocycles. The minimum Gasteiger partial charge on any atom is -0.457 e. The van der Waals surface area contributed by atoms with Crippen LogP contribution < -0.4 is 10.5 Å². The topological polar surface area (TPSA) is 105 Å². The molecule has 2 unspecified atom stereocenters. The molecule has 0 aliphatic carbocycles. The SMILES string of the molecule is Cc1ccc(C(=O)OCc2cc(C(OC(=O)C(C)(C)C)C(N)C(C)(C)C)ccc2OC(=O)c2ccc(C)cc2)cc1. The van der Waals surface area contributed by atoms with Crippen LogP contribution in [0.3, 0.4) is 0 Å². The third kappa shape index (κ3) is 8.51. The van der Waals surface area contributed by atoms with Crippen LogP contribution in [0.5, 0.6) is 5.75 Å². The molecule has 3 aromatic carbocycles. The third-order valence-electron chi connectivity index (χ3n) is 6.72. The first-order valence-electron chi connectivity index (χ1n) is 13.7. The second-order valence-corrected chi connectivity index (χ2v) is 12.5. The number of esters is 3. The number of carbonyl (C=O) groups is 3. The van der Waals surface area contributed by atoms with E-state index in [0.717, 1.165) is 11.1 Å². The molecule has 0 amide bonds. The first kappa shape index (κ1) is 31.6. The fourth-order valence-corrected chi connectivity index (χ4v) is 3.85. The maximum Gasteiger partial charge on any atom is 0.343 e. The van der Waals surface area contributed by atoms with Crippen LogP contribution in [-0.2, 0) is 20.9 Å². The summed E-state index contributed by atoms with van der Waals surface area (Å²) in [6.45, 7) is 14.9. The Hall–Kier alpha value is -3.97. The van der Waals surface area contributed by atoms with Gasteiger partial charge in [-0.25, -0.2) is 9.59 Å². The van der Waals surface area contributed by atoms with Gasteiger partial charge in [-0.05, 0) is 82.0 Å². The van der Waals surface area contributed by atoms with Gasteiger partial charge in [-0.15, -0.1) is 0 Å². The molecule has 41 heavy (non-hydrogen) atoms. The van der Waals surface area contributed by atoms with E-state index >= 15 is 0 Å². The van der Waals surface area contributed by atoms with Crippen molar-refractivity contribution in [1.29, 1.82) is 0 Å². The summed E-state index contributed by atoms with van der Waals surface area (Å²) in [4.78, 5) is 38.7. The van der Waals surface area contributed by atoms with E-state index < -0.39 is 40.9 Å². The summed E-state index contributed by atoms with van der Waals surface area (Å²) >= 11 is 0. The highest BCUT2D eigenvalue weighted by atomic mass is 16.6. The van der Waals surface area contributed by atoms with Gasteiger partial charge in [0, 0.05) is 5.56 Å². The van der Waals surface area contributed by atoms with Crippen molar-refractivity contribution in [2.45, 2.75) is 74.1 Å². The molecule has 3 aromatic rings. The highest BCUT2D eigenvalue weighted by Gasteiger charge is 2.36. The fourth-order valence-electron chi connectivity index (χ4n) is 3.85. The van der Waals surface area contributed by atoms with Gasteiger partial charge in [-0.2, -0.15) is 0 Å². The Morgan fingerprint density at radius 1 is 0.756 bits per heavy atom. The molecule has 0 radical (unpaired) electrons. The van der Waals surface area contributed by atoms with Crippen molar-refractivity contribution < 1.29 is 28.6 Å². The summed E-state index contributed by atoms with van der Waals surface area (Å²) in [5.74, 6) is -1.25. The Bertz CT molecular complexity index is 1380. The van der Waals surface area contributed by atoms with Gasteiger partial charge in [-0.1, -0.05) is 62.2 Å². The lowest BCUT2D eigenvalue weighted by molar-refractivity contribution is -0.161. The minimum absolute atomic E-state index is 0.179. The molecule has 0 heterocycles. The van der Waals surface area contributed by atoms with Crippen LogP contribution in [0, 0.1) is 24.7 Å². The second-order valence-electron chi connectivity index (χ2n) is 12.5. The van der Waals surface area contributed by atoms with E-state index in [4.69, 9.17) is 19.9 Å². The van der Waals surface area contributed by atoms with Gasteiger partial charge in [0.1, 0.15) is 18.5 Å². The predicted octanol–water partition coefficient (Wildman–Crippen LogP) is 6.88. The molecule has 0 spiro atoms. The number of hydrogen-bond donors (Lipinski definition) is 1. The van der Waals surface area contributed by atoms with Gasteiger partial charge in [-0.3, -0.25) is 4.79 Å².